The molecule has 1 N–H and O–H groups in total. The average Bonchev–Trinajstić information content (AvgIpc) is 2.16. The van der Waals surface area contributed by atoms with Gasteiger partial charge in [-0.25, -0.2) is 0 Å². The smallest absolute Gasteiger partial charge is 0.225 e. The van der Waals surface area contributed by atoms with Crippen molar-refractivity contribution >= 4 is 5.91 Å². The van der Waals surface area contributed by atoms with Crippen molar-refractivity contribution in [3.63, 3.8) is 0 Å². The minimum Gasteiger partial charge on any atom is -0.375 e. The highest BCUT2D eigenvalue weighted by Crippen LogP contribution is 2.11. The molecule has 3 heteroatoms. The maximum absolute atomic E-state index is 11.2. The molecule has 1 amide bonds. The van der Waals surface area contributed by atoms with Crippen LogP contribution < -0.4 is 5.32 Å². The molecular weight excluding hydrogens is 154 g/mol. The fourth-order valence-corrected chi connectivity index (χ4v) is 1.21. The second kappa shape index (κ2) is 3.90. The Morgan fingerprint density at radius 1 is 1.58 bits per heavy atom. The van der Waals surface area contributed by atoms with E-state index in [1.54, 1.807) is 0 Å². The molecule has 1 aliphatic rings. The fraction of sp³-hybridized carbons (Fsp3) is 0.889. The molecule has 0 aromatic heterocycles. The molecule has 2 atom stereocenters. The van der Waals surface area contributed by atoms with Crippen LogP contribution in [-0.4, -0.2) is 25.2 Å². The van der Waals surface area contributed by atoms with Crippen LogP contribution in [0.4, 0.5) is 0 Å². The van der Waals surface area contributed by atoms with Crippen molar-refractivity contribution < 1.29 is 9.53 Å². The number of ether oxygens (including phenoxy) is 1. The fourth-order valence-electron chi connectivity index (χ4n) is 1.21. The molecule has 0 spiro atoms. The molecule has 0 radical (unpaired) electrons. The molecule has 0 bridgehead atoms. The van der Waals surface area contributed by atoms with E-state index in [1.807, 2.05) is 6.92 Å². The van der Waals surface area contributed by atoms with E-state index in [4.69, 9.17) is 4.74 Å². The molecule has 3 nitrogen and oxygen atoms in total. The summed E-state index contributed by atoms with van der Waals surface area (Å²) in [5, 5.41) is 2.86. The van der Waals surface area contributed by atoms with Crippen LogP contribution in [0.3, 0.4) is 0 Å². The van der Waals surface area contributed by atoms with Crippen LogP contribution in [0, 0.1) is 11.8 Å². The van der Waals surface area contributed by atoms with Gasteiger partial charge in [0.25, 0.3) is 0 Å². The summed E-state index contributed by atoms with van der Waals surface area (Å²) in [4.78, 5) is 11.2. The average molecular weight is 171 g/mol. The van der Waals surface area contributed by atoms with Gasteiger partial charge in [-0.15, -0.1) is 0 Å². The van der Waals surface area contributed by atoms with Gasteiger partial charge in [0.15, 0.2) is 0 Å². The minimum atomic E-state index is -0.00579. The first-order valence-electron chi connectivity index (χ1n) is 4.50. The first-order chi connectivity index (χ1) is 5.61. The van der Waals surface area contributed by atoms with E-state index in [1.165, 1.54) is 0 Å². The van der Waals surface area contributed by atoms with E-state index in [0.29, 0.717) is 19.1 Å². The van der Waals surface area contributed by atoms with Crippen LogP contribution in [0.2, 0.25) is 0 Å². The highest BCUT2D eigenvalue weighted by molar-refractivity contribution is 5.78. The van der Waals surface area contributed by atoms with Gasteiger partial charge < -0.3 is 10.1 Å². The Balaban J connectivity index is 2.49. The summed E-state index contributed by atoms with van der Waals surface area (Å²) in [7, 11) is 0. The predicted molar refractivity (Wildman–Crippen MR) is 46.8 cm³/mol. The lowest BCUT2D eigenvalue weighted by atomic mass is 10.1. The van der Waals surface area contributed by atoms with Gasteiger partial charge in [-0.1, -0.05) is 20.8 Å². The van der Waals surface area contributed by atoms with Crippen molar-refractivity contribution in [2.45, 2.75) is 26.9 Å². The van der Waals surface area contributed by atoms with Crippen LogP contribution in [0.15, 0.2) is 0 Å². The molecule has 1 saturated heterocycles. The maximum Gasteiger partial charge on any atom is 0.225 e. The SMILES string of the molecule is CC1COC(C(C)C)CNC1=O. The molecule has 12 heavy (non-hydrogen) atoms. The zero-order chi connectivity index (χ0) is 9.14. The van der Waals surface area contributed by atoms with E-state index in [2.05, 4.69) is 19.2 Å². The molecule has 0 aromatic rings. The number of carbonyl (C=O) groups is 1. The van der Waals surface area contributed by atoms with Crippen molar-refractivity contribution in [1.82, 2.24) is 5.32 Å². The number of hydrogen-bond donors (Lipinski definition) is 1. The Bertz CT molecular complexity index is 168. The summed E-state index contributed by atoms with van der Waals surface area (Å²) < 4.78 is 5.56. The van der Waals surface area contributed by atoms with E-state index in [-0.39, 0.29) is 17.9 Å². The quantitative estimate of drug-likeness (QED) is 0.633. The summed E-state index contributed by atoms with van der Waals surface area (Å²) in [6, 6.07) is 0. The zero-order valence-electron chi connectivity index (χ0n) is 7.96. The van der Waals surface area contributed by atoms with Crippen molar-refractivity contribution in [2.75, 3.05) is 13.2 Å². The summed E-state index contributed by atoms with van der Waals surface area (Å²) in [6.07, 6.45) is 0.180. The molecular formula is C9H17NO2. The maximum atomic E-state index is 11.2. The number of amides is 1. The van der Waals surface area contributed by atoms with Gasteiger partial charge in [-0.05, 0) is 5.92 Å². The first-order valence-corrected chi connectivity index (χ1v) is 4.50. The summed E-state index contributed by atoms with van der Waals surface area (Å²) in [5.74, 6) is 0.572. The molecule has 1 heterocycles. The Hall–Kier alpha value is -0.570. The molecule has 2 unspecified atom stereocenters. The predicted octanol–water partition coefficient (Wildman–Crippen LogP) is 0.793. The van der Waals surface area contributed by atoms with Gasteiger partial charge in [0.05, 0.1) is 18.6 Å². The Kier molecular flexibility index (Phi) is 3.09. The third kappa shape index (κ3) is 2.21. The Labute approximate surface area is 73.5 Å². The third-order valence-corrected chi connectivity index (χ3v) is 2.23. The highest BCUT2D eigenvalue weighted by Gasteiger charge is 2.23. The van der Waals surface area contributed by atoms with Gasteiger partial charge in [-0.2, -0.15) is 0 Å². The number of nitrogens with one attached hydrogen (secondary N) is 1. The molecule has 1 aliphatic heterocycles. The van der Waals surface area contributed by atoms with Crippen molar-refractivity contribution in [1.29, 1.82) is 0 Å². The molecule has 1 rings (SSSR count). The van der Waals surface area contributed by atoms with Crippen molar-refractivity contribution in [2.24, 2.45) is 11.8 Å². The Morgan fingerprint density at radius 3 is 2.83 bits per heavy atom. The lowest BCUT2D eigenvalue weighted by molar-refractivity contribution is -0.124. The third-order valence-electron chi connectivity index (χ3n) is 2.23. The first kappa shape index (κ1) is 9.52. The van der Waals surface area contributed by atoms with Crippen LogP contribution in [-0.2, 0) is 9.53 Å². The van der Waals surface area contributed by atoms with Crippen molar-refractivity contribution in [3.8, 4) is 0 Å². The number of hydrogen-bond acceptors (Lipinski definition) is 2. The van der Waals surface area contributed by atoms with Gasteiger partial charge in [-0.3, -0.25) is 4.79 Å². The van der Waals surface area contributed by atoms with Crippen molar-refractivity contribution in [3.05, 3.63) is 0 Å². The lowest BCUT2D eigenvalue weighted by Gasteiger charge is -2.18. The van der Waals surface area contributed by atoms with E-state index in [0.717, 1.165) is 0 Å². The van der Waals surface area contributed by atoms with E-state index < -0.39 is 0 Å². The van der Waals surface area contributed by atoms with E-state index in [9.17, 15) is 4.79 Å². The van der Waals surface area contributed by atoms with Crippen LogP contribution in [0.25, 0.3) is 0 Å². The van der Waals surface area contributed by atoms with E-state index >= 15 is 0 Å². The number of rotatable bonds is 1. The van der Waals surface area contributed by atoms with Crippen LogP contribution in [0.1, 0.15) is 20.8 Å². The Morgan fingerprint density at radius 2 is 2.25 bits per heavy atom. The molecule has 0 aromatic carbocycles. The number of carbonyl (C=O) groups excluding carboxylic acids is 1. The highest BCUT2D eigenvalue weighted by atomic mass is 16.5. The summed E-state index contributed by atoms with van der Waals surface area (Å²) >= 11 is 0. The van der Waals surface area contributed by atoms with Gasteiger partial charge >= 0.3 is 0 Å². The van der Waals surface area contributed by atoms with Gasteiger partial charge in [0, 0.05) is 6.54 Å². The van der Waals surface area contributed by atoms with Crippen LogP contribution >= 0.6 is 0 Å². The van der Waals surface area contributed by atoms with Gasteiger partial charge in [0.1, 0.15) is 0 Å². The lowest BCUT2D eigenvalue weighted by Crippen LogP contribution is -2.33. The molecule has 1 fully saturated rings. The second-order valence-corrected chi connectivity index (χ2v) is 3.76. The summed E-state index contributed by atoms with van der Waals surface area (Å²) in [6.45, 7) is 7.30. The molecule has 0 saturated carbocycles. The monoisotopic (exact) mass is 171 g/mol. The zero-order valence-corrected chi connectivity index (χ0v) is 7.96. The summed E-state index contributed by atoms with van der Waals surface area (Å²) in [5.41, 5.74) is 0. The van der Waals surface area contributed by atoms with Crippen LogP contribution in [0.5, 0.6) is 0 Å². The molecule has 0 aliphatic carbocycles. The molecule has 70 valence electrons. The second-order valence-electron chi connectivity index (χ2n) is 3.76. The standard InChI is InChI=1S/C9H17NO2/c1-6(2)8-4-10-9(11)7(3)5-12-8/h6-8H,4-5H2,1-3H3,(H,10,11). The minimum absolute atomic E-state index is 0.00579. The largest absolute Gasteiger partial charge is 0.375 e. The normalized spacial score (nSPS) is 31.5. The van der Waals surface area contributed by atoms with Gasteiger partial charge in [0.2, 0.25) is 5.91 Å². The topological polar surface area (TPSA) is 38.3 Å².